The predicted molar refractivity (Wildman–Crippen MR) is 85.7 cm³/mol. The number of carbonyl (C=O) groups excluding carboxylic acids is 1. The molecule has 0 aromatic heterocycles. The van der Waals surface area contributed by atoms with Crippen LogP contribution in [0.5, 0.6) is 0 Å². The number of hydrogen-bond donors (Lipinski definition) is 2. The third-order valence-electron chi connectivity index (χ3n) is 8.25. The lowest BCUT2D eigenvalue weighted by atomic mass is 9.51. The number of aliphatic hydroxyl groups is 1. The number of hydrogen-bond acceptors (Lipinski definition) is 2. The van der Waals surface area contributed by atoms with Crippen LogP contribution in [0.3, 0.4) is 0 Å². The van der Waals surface area contributed by atoms with Crippen LogP contribution in [0.15, 0.2) is 0 Å². The van der Waals surface area contributed by atoms with Gasteiger partial charge in [-0.1, -0.05) is 0 Å². The molecule has 0 aromatic rings. The van der Waals surface area contributed by atoms with Gasteiger partial charge >= 0.3 is 6.03 Å². The minimum absolute atomic E-state index is 0.139. The van der Waals surface area contributed by atoms with Gasteiger partial charge in [-0.25, -0.2) is 4.79 Å². The fourth-order valence-electron chi connectivity index (χ4n) is 7.55. The normalized spacial score (nSPS) is 50.5. The molecule has 4 nitrogen and oxygen atoms in total. The number of carbonyl (C=O) groups is 1. The Morgan fingerprint density at radius 3 is 2.13 bits per heavy atom. The lowest BCUT2D eigenvalue weighted by Crippen LogP contribution is -2.66. The first-order valence-corrected chi connectivity index (χ1v) is 9.89. The van der Waals surface area contributed by atoms with Crippen molar-refractivity contribution in [2.45, 2.75) is 75.0 Å². The van der Waals surface area contributed by atoms with Crippen LogP contribution < -0.4 is 5.32 Å². The van der Waals surface area contributed by atoms with Crippen molar-refractivity contribution in [3.8, 4) is 0 Å². The van der Waals surface area contributed by atoms with Crippen LogP contribution in [0.1, 0.15) is 57.8 Å². The second-order valence-electron chi connectivity index (χ2n) is 9.75. The van der Waals surface area contributed by atoms with Crippen LogP contribution in [-0.2, 0) is 0 Å². The molecular formula is C19H28N2O2. The van der Waals surface area contributed by atoms with Gasteiger partial charge in [0.25, 0.3) is 0 Å². The summed E-state index contributed by atoms with van der Waals surface area (Å²) >= 11 is 0. The highest BCUT2D eigenvalue weighted by Crippen LogP contribution is 2.62. The van der Waals surface area contributed by atoms with Gasteiger partial charge in [-0.3, -0.25) is 0 Å². The lowest BCUT2D eigenvalue weighted by molar-refractivity contribution is -0.163. The second kappa shape index (κ2) is 4.07. The molecule has 6 saturated carbocycles. The smallest absolute Gasteiger partial charge is 0.318 e. The van der Waals surface area contributed by atoms with E-state index >= 15 is 0 Å². The summed E-state index contributed by atoms with van der Waals surface area (Å²) in [7, 11) is 0. The maximum Gasteiger partial charge on any atom is 0.318 e. The van der Waals surface area contributed by atoms with Crippen LogP contribution in [0, 0.1) is 29.6 Å². The summed E-state index contributed by atoms with van der Waals surface area (Å²) in [4.78, 5) is 15.3. The highest BCUT2D eigenvalue weighted by Gasteiger charge is 2.67. The van der Waals surface area contributed by atoms with Crippen LogP contribution in [0.25, 0.3) is 0 Å². The van der Waals surface area contributed by atoms with Crippen molar-refractivity contribution < 1.29 is 9.90 Å². The van der Waals surface area contributed by atoms with Crippen LogP contribution in [-0.4, -0.2) is 39.8 Å². The largest absolute Gasteiger partial charge is 0.390 e. The molecule has 0 radical (unpaired) electrons. The molecule has 0 spiro atoms. The highest BCUT2D eigenvalue weighted by atomic mass is 16.3. The van der Waals surface area contributed by atoms with E-state index in [0.29, 0.717) is 17.9 Å². The van der Waals surface area contributed by atoms with Crippen LogP contribution in [0.4, 0.5) is 4.79 Å². The van der Waals surface area contributed by atoms with E-state index in [9.17, 15) is 9.90 Å². The van der Waals surface area contributed by atoms with Crippen molar-refractivity contribution in [1.82, 2.24) is 10.2 Å². The van der Waals surface area contributed by atoms with Crippen LogP contribution in [0.2, 0.25) is 0 Å². The summed E-state index contributed by atoms with van der Waals surface area (Å²) in [5.41, 5.74) is -0.259. The van der Waals surface area contributed by atoms with Gasteiger partial charge in [0.1, 0.15) is 0 Å². The average Bonchev–Trinajstić information content (AvgIpc) is 3.37. The van der Waals surface area contributed by atoms with Gasteiger partial charge in [-0.2, -0.15) is 0 Å². The van der Waals surface area contributed by atoms with Gasteiger partial charge in [0, 0.05) is 12.6 Å². The molecule has 23 heavy (non-hydrogen) atoms. The summed E-state index contributed by atoms with van der Waals surface area (Å²) in [5.74, 6) is 3.30. The molecule has 7 aliphatic rings. The first kappa shape index (κ1) is 13.5. The van der Waals surface area contributed by atoms with Crippen molar-refractivity contribution in [1.29, 1.82) is 0 Å². The Balaban J connectivity index is 1.41. The van der Waals surface area contributed by atoms with Crippen molar-refractivity contribution in [3.63, 3.8) is 0 Å². The third-order valence-corrected chi connectivity index (χ3v) is 8.25. The van der Waals surface area contributed by atoms with E-state index in [1.54, 1.807) is 0 Å². The number of rotatable bonds is 3. The monoisotopic (exact) mass is 316 g/mol. The minimum atomic E-state index is -0.398. The Labute approximate surface area is 138 Å². The van der Waals surface area contributed by atoms with Gasteiger partial charge in [-0.05, 0) is 87.4 Å². The zero-order chi connectivity index (χ0) is 15.4. The average molecular weight is 316 g/mol. The summed E-state index contributed by atoms with van der Waals surface area (Å²) in [5, 5.41) is 14.1. The summed E-state index contributed by atoms with van der Waals surface area (Å²) in [6.45, 7) is 0.894. The Morgan fingerprint density at radius 2 is 1.61 bits per heavy atom. The zero-order valence-electron chi connectivity index (χ0n) is 13.8. The summed E-state index contributed by atoms with van der Waals surface area (Å²) in [6, 6.07) is 0.629. The highest BCUT2D eigenvalue weighted by molar-refractivity contribution is 5.79. The quantitative estimate of drug-likeness (QED) is 0.840. The Kier molecular flexibility index (Phi) is 2.39. The molecular weight excluding hydrogens is 288 g/mol. The standard InChI is InChI=1S/C19H28N2O2/c22-17-20-10-19(14-1-2-14,15-3-4-15)21(17)16-12-5-11-6-13(16)9-18(23,7-11)8-12/h11-16,23H,1-10H2,(H,20,22). The van der Waals surface area contributed by atoms with E-state index < -0.39 is 5.60 Å². The Morgan fingerprint density at radius 1 is 1.00 bits per heavy atom. The van der Waals surface area contributed by atoms with E-state index in [2.05, 4.69) is 10.2 Å². The molecule has 4 bridgehead atoms. The van der Waals surface area contributed by atoms with Gasteiger partial charge < -0.3 is 15.3 Å². The maximum atomic E-state index is 12.9. The lowest BCUT2D eigenvalue weighted by Gasteiger charge is -2.61. The molecule has 7 fully saturated rings. The molecule has 1 saturated heterocycles. The van der Waals surface area contributed by atoms with E-state index in [1.807, 2.05) is 0 Å². The number of urea groups is 1. The number of nitrogens with zero attached hydrogens (tertiary/aromatic N) is 1. The fourth-order valence-corrected chi connectivity index (χ4v) is 7.55. The predicted octanol–water partition coefficient (Wildman–Crippen LogP) is 2.51. The van der Waals surface area contributed by atoms with Gasteiger partial charge in [0.15, 0.2) is 0 Å². The molecule has 2 atom stereocenters. The van der Waals surface area contributed by atoms with E-state index in [4.69, 9.17) is 0 Å². The first-order valence-electron chi connectivity index (χ1n) is 9.89. The molecule has 126 valence electrons. The second-order valence-corrected chi connectivity index (χ2v) is 9.75. The van der Waals surface area contributed by atoms with E-state index in [1.165, 1.54) is 38.5 Å². The Hall–Kier alpha value is -0.770. The third kappa shape index (κ3) is 1.69. The first-order chi connectivity index (χ1) is 11.1. The van der Waals surface area contributed by atoms with Crippen molar-refractivity contribution in [2.75, 3.05) is 6.54 Å². The maximum absolute atomic E-state index is 12.9. The molecule has 1 heterocycles. The van der Waals surface area contributed by atoms with E-state index in [-0.39, 0.29) is 11.6 Å². The van der Waals surface area contributed by atoms with Crippen molar-refractivity contribution >= 4 is 6.03 Å². The summed E-state index contributed by atoms with van der Waals surface area (Å²) in [6.07, 6.45) is 10.7. The SMILES string of the molecule is O=C1NCC(C2CC2)(C2CC2)N1C1C2CC3CC1CC(O)(C3)C2. The fraction of sp³-hybridized carbons (Fsp3) is 0.947. The van der Waals surface area contributed by atoms with Crippen LogP contribution >= 0.6 is 0 Å². The number of amides is 2. The number of nitrogens with one attached hydrogen (secondary N) is 1. The molecule has 6 aliphatic carbocycles. The van der Waals surface area contributed by atoms with Gasteiger partial charge in [0.05, 0.1) is 11.1 Å². The molecule has 2 N–H and O–H groups in total. The molecule has 2 unspecified atom stereocenters. The summed E-state index contributed by atoms with van der Waals surface area (Å²) < 4.78 is 0. The van der Waals surface area contributed by atoms with Crippen molar-refractivity contribution in [3.05, 3.63) is 0 Å². The van der Waals surface area contributed by atoms with Crippen molar-refractivity contribution in [2.24, 2.45) is 29.6 Å². The zero-order valence-corrected chi connectivity index (χ0v) is 13.8. The van der Waals surface area contributed by atoms with Gasteiger partial charge in [-0.15, -0.1) is 0 Å². The minimum Gasteiger partial charge on any atom is -0.390 e. The molecule has 1 aliphatic heterocycles. The molecule has 0 aromatic carbocycles. The van der Waals surface area contributed by atoms with Gasteiger partial charge in [0.2, 0.25) is 0 Å². The molecule has 2 amide bonds. The molecule has 4 heteroatoms. The Bertz CT molecular complexity index is 540. The van der Waals surface area contributed by atoms with E-state index in [0.717, 1.165) is 43.6 Å². The molecule has 7 rings (SSSR count). The topological polar surface area (TPSA) is 52.6 Å².